The van der Waals surface area contributed by atoms with Crippen LogP contribution in [0.15, 0.2) is 26.9 Å². The molecule has 0 spiro atoms. The first-order chi connectivity index (χ1) is 10.6. The number of ether oxygens (including phenoxy) is 1. The number of amides is 1. The molecule has 0 unspecified atom stereocenters. The smallest absolute Gasteiger partial charge is 0.326 e. The Balaban J connectivity index is 1.73. The number of hydrogen-bond acceptors (Lipinski definition) is 5. The molecule has 2 aliphatic rings. The minimum atomic E-state index is -1.04. The Morgan fingerprint density at radius 2 is 2.18 bits per heavy atom. The minimum Gasteiger partial charge on any atom is -0.480 e. The van der Waals surface area contributed by atoms with E-state index in [1.807, 2.05) is 0 Å². The molecule has 22 heavy (non-hydrogen) atoms. The van der Waals surface area contributed by atoms with Crippen LogP contribution in [0.1, 0.15) is 23.2 Å². The summed E-state index contributed by atoms with van der Waals surface area (Å²) in [6.07, 6.45) is 1.53. The fourth-order valence-corrected chi connectivity index (χ4v) is 3.08. The van der Waals surface area contributed by atoms with Crippen molar-refractivity contribution in [3.63, 3.8) is 0 Å². The van der Waals surface area contributed by atoms with E-state index in [9.17, 15) is 14.7 Å². The Hall–Kier alpha value is -2.06. The summed E-state index contributed by atoms with van der Waals surface area (Å²) < 4.78 is 13.5. The lowest BCUT2D eigenvalue weighted by Crippen LogP contribution is -2.48. The topological polar surface area (TPSA) is 100 Å². The highest BCUT2D eigenvalue weighted by molar-refractivity contribution is 7.58. The Kier molecular flexibility index (Phi) is 4.30. The van der Waals surface area contributed by atoms with Crippen LogP contribution in [0.25, 0.3) is 0 Å². The van der Waals surface area contributed by atoms with Crippen LogP contribution in [-0.4, -0.2) is 36.2 Å². The van der Waals surface area contributed by atoms with Crippen molar-refractivity contribution >= 4 is 34.6 Å². The van der Waals surface area contributed by atoms with Gasteiger partial charge in [0, 0.05) is 18.1 Å². The van der Waals surface area contributed by atoms with E-state index in [0.29, 0.717) is 24.5 Å². The lowest BCUT2D eigenvalue weighted by atomic mass is 9.93. The number of rotatable bonds is 4. The number of nitrogens with one attached hydrogen (secondary N) is 1. The third-order valence-corrected chi connectivity index (χ3v) is 4.29. The normalized spacial score (nSPS) is 20.8. The third kappa shape index (κ3) is 3.07. The summed E-state index contributed by atoms with van der Waals surface area (Å²) in [6, 6.07) is 3.99. The predicted molar refractivity (Wildman–Crippen MR) is 80.4 cm³/mol. The number of carboxylic acid groups (broad SMARTS) is 1. The van der Waals surface area contributed by atoms with Crippen molar-refractivity contribution in [2.75, 3.05) is 13.2 Å². The van der Waals surface area contributed by atoms with Crippen LogP contribution in [0.5, 0.6) is 0 Å². The van der Waals surface area contributed by atoms with Crippen molar-refractivity contribution < 1.29 is 19.4 Å². The zero-order chi connectivity index (χ0) is 15.5. The zero-order valence-electron chi connectivity index (χ0n) is 11.7. The summed E-state index contributed by atoms with van der Waals surface area (Å²) in [7, 11) is 0. The monoisotopic (exact) mass is 321 g/mol. The number of carbonyl (C=O) groups excluding carboxylic acids is 1. The van der Waals surface area contributed by atoms with Crippen LogP contribution in [0.4, 0.5) is 11.4 Å². The quantitative estimate of drug-likeness (QED) is 0.899. The molecule has 2 N–H and O–H groups in total. The Bertz CT molecular complexity index is 679. The summed E-state index contributed by atoms with van der Waals surface area (Å²) in [5.41, 5.74) is 1.73. The molecule has 1 saturated heterocycles. The summed E-state index contributed by atoms with van der Waals surface area (Å²) >= 11 is 1.07. The summed E-state index contributed by atoms with van der Waals surface area (Å²) in [5, 5.41) is 12.0. The summed E-state index contributed by atoms with van der Waals surface area (Å²) in [6.45, 7) is 0.997. The van der Waals surface area contributed by atoms with Crippen molar-refractivity contribution in [2.24, 2.45) is 14.6 Å². The lowest BCUT2D eigenvalue weighted by molar-refractivity contribution is -0.142. The summed E-state index contributed by atoms with van der Waals surface area (Å²) in [4.78, 5) is 23.8. The van der Waals surface area contributed by atoms with Gasteiger partial charge in [-0.1, -0.05) is 0 Å². The van der Waals surface area contributed by atoms with E-state index in [1.54, 1.807) is 18.2 Å². The number of nitrogens with zero attached hydrogens (tertiary/aromatic N) is 2. The van der Waals surface area contributed by atoms with Gasteiger partial charge in [-0.15, -0.1) is 0 Å². The number of carboxylic acids is 1. The fourth-order valence-electron chi connectivity index (χ4n) is 2.56. The molecule has 0 radical (unpaired) electrons. The van der Waals surface area contributed by atoms with Gasteiger partial charge in [0.15, 0.2) is 0 Å². The van der Waals surface area contributed by atoms with Crippen molar-refractivity contribution in [2.45, 2.75) is 18.9 Å². The highest BCUT2D eigenvalue weighted by Gasteiger charge is 2.31. The molecule has 2 heterocycles. The molecule has 1 fully saturated rings. The average molecular weight is 321 g/mol. The first kappa shape index (κ1) is 14.9. The number of aliphatic carboxylic acids is 1. The van der Waals surface area contributed by atoms with Crippen LogP contribution in [-0.2, 0) is 20.9 Å². The molecule has 1 amide bonds. The first-order valence-corrected chi connectivity index (χ1v) is 7.72. The van der Waals surface area contributed by atoms with Crippen LogP contribution < -0.4 is 5.32 Å². The second-order valence-corrected chi connectivity index (χ2v) is 5.76. The molecule has 0 aromatic heterocycles. The molecule has 3 rings (SSSR count). The van der Waals surface area contributed by atoms with Gasteiger partial charge < -0.3 is 15.2 Å². The van der Waals surface area contributed by atoms with E-state index >= 15 is 0 Å². The first-order valence-electron chi connectivity index (χ1n) is 6.99. The Morgan fingerprint density at radius 3 is 2.91 bits per heavy atom. The second-order valence-electron chi connectivity index (χ2n) is 5.23. The zero-order valence-corrected chi connectivity index (χ0v) is 12.5. The van der Waals surface area contributed by atoms with Gasteiger partial charge in [-0.25, -0.2) is 4.79 Å². The molecular formula is C14H15N3O4S. The SMILES string of the molecule is O=C(N[C@@H](C(=O)O)[C@H]1CCCOC1)c1ccc2c(c1)N=S=N2. The van der Waals surface area contributed by atoms with Crippen LogP contribution in [0, 0.1) is 5.92 Å². The van der Waals surface area contributed by atoms with E-state index < -0.39 is 17.9 Å². The van der Waals surface area contributed by atoms with E-state index in [4.69, 9.17) is 4.74 Å². The maximum absolute atomic E-state index is 12.3. The Morgan fingerprint density at radius 1 is 1.36 bits per heavy atom. The van der Waals surface area contributed by atoms with Gasteiger partial charge in [0.2, 0.25) is 0 Å². The third-order valence-electron chi connectivity index (χ3n) is 3.74. The van der Waals surface area contributed by atoms with E-state index in [0.717, 1.165) is 29.9 Å². The van der Waals surface area contributed by atoms with Gasteiger partial charge in [0.05, 0.1) is 18.0 Å². The van der Waals surface area contributed by atoms with Crippen LogP contribution in [0.2, 0.25) is 0 Å². The molecule has 1 aromatic carbocycles. The number of hydrogen-bond donors (Lipinski definition) is 2. The van der Waals surface area contributed by atoms with Crippen LogP contribution >= 0.6 is 0 Å². The number of fused-ring (bicyclic) bond motifs is 1. The number of carbonyl (C=O) groups is 2. The number of benzene rings is 1. The molecule has 8 heteroatoms. The molecule has 7 nitrogen and oxygen atoms in total. The second kappa shape index (κ2) is 6.37. The van der Waals surface area contributed by atoms with Gasteiger partial charge in [-0.2, -0.15) is 8.73 Å². The molecule has 2 aliphatic heterocycles. The Labute approximate surface area is 130 Å². The maximum Gasteiger partial charge on any atom is 0.326 e. The van der Waals surface area contributed by atoms with Gasteiger partial charge >= 0.3 is 5.97 Å². The van der Waals surface area contributed by atoms with E-state index in [2.05, 4.69) is 14.0 Å². The molecule has 116 valence electrons. The summed E-state index contributed by atoms with van der Waals surface area (Å²) in [5.74, 6) is -1.67. The standard InChI is InChI=1S/C14H15N3O4S/c18-13(8-3-4-10-11(6-8)17-22-16-10)15-12(14(19)20)9-2-1-5-21-7-9/h3-4,6,9,12H,1-2,5,7H2,(H,15,18)(H,19,20)/t9-,12+/m0/s1. The average Bonchev–Trinajstić information content (AvgIpc) is 3.00. The van der Waals surface area contributed by atoms with Gasteiger partial charge in [-0.05, 0) is 31.0 Å². The van der Waals surface area contributed by atoms with Gasteiger partial charge in [-0.3, -0.25) is 4.79 Å². The van der Waals surface area contributed by atoms with Gasteiger partial charge in [0.25, 0.3) is 5.91 Å². The highest BCUT2D eigenvalue weighted by atomic mass is 32.1. The highest BCUT2D eigenvalue weighted by Crippen LogP contribution is 2.32. The van der Waals surface area contributed by atoms with Crippen molar-refractivity contribution in [3.05, 3.63) is 23.8 Å². The van der Waals surface area contributed by atoms with Crippen molar-refractivity contribution in [1.82, 2.24) is 5.32 Å². The predicted octanol–water partition coefficient (Wildman–Crippen LogP) is 2.02. The van der Waals surface area contributed by atoms with E-state index in [1.165, 1.54) is 0 Å². The molecule has 0 bridgehead atoms. The maximum atomic E-state index is 12.3. The fraction of sp³-hybridized carbons (Fsp3) is 0.429. The molecule has 2 atom stereocenters. The van der Waals surface area contributed by atoms with Crippen molar-refractivity contribution in [1.29, 1.82) is 0 Å². The van der Waals surface area contributed by atoms with Gasteiger partial charge in [0.1, 0.15) is 17.4 Å². The lowest BCUT2D eigenvalue weighted by Gasteiger charge is -2.28. The largest absolute Gasteiger partial charge is 0.480 e. The molecular weight excluding hydrogens is 306 g/mol. The van der Waals surface area contributed by atoms with Crippen molar-refractivity contribution in [3.8, 4) is 0 Å². The molecule has 0 aliphatic carbocycles. The minimum absolute atomic E-state index is 0.208. The molecule has 0 saturated carbocycles. The van der Waals surface area contributed by atoms with Crippen LogP contribution in [0.3, 0.4) is 0 Å². The molecule has 1 aromatic rings. The van der Waals surface area contributed by atoms with E-state index in [-0.39, 0.29) is 5.92 Å².